The Hall–Kier alpha value is -0.0800. The topological polar surface area (TPSA) is 29.3 Å². The number of rotatable bonds is 9. The third kappa shape index (κ3) is 8.88. The van der Waals surface area contributed by atoms with E-state index in [0.29, 0.717) is 6.04 Å². The van der Waals surface area contributed by atoms with Gasteiger partial charge in [-0.05, 0) is 45.2 Å². The van der Waals surface area contributed by atoms with Crippen LogP contribution in [0.2, 0.25) is 0 Å². The number of hydrogen-bond donors (Lipinski definition) is 1. The van der Waals surface area contributed by atoms with Gasteiger partial charge >= 0.3 is 0 Å². The van der Waals surface area contributed by atoms with Crippen molar-refractivity contribution >= 4 is 0 Å². The van der Waals surface area contributed by atoms with Crippen LogP contribution in [0.15, 0.2) is 0 Å². The summed E-state index contributed by atoms with van der Waals surface area (Å²) in [6.07, 6.45) is 5.04. The lowest BCUT2D eigenvalue weighted by molar-refractivity contribution is 0.240. The molecule has 2 atom stereocenters. The maximum Gasteiger partial charge on any atom is 0.00104 e. The normalized spacial score (nSPS) is 15.6. The van der Waals surface area contributed by atoms with Gasteiger partial charge in [0.2, 0.25) is 0 Å². The summed E-state index contributed by atoms with van der Waals surface area (Å²) in [5.74, 6) is 0.815. The van der Waals surface area contributed by atoms with Crippen LogP contribution in [0, 0.1) is 5.92 Å². The highest BCUT2D eigenvalue weighted by atomic mass is 15.1. The predicted molar refractivity (Wildman–Crippen MR) is 69.1 cm³/mol. The minimum atomic E-state index is 0.370. The SMILES string of the molecule is CCCN(CC)CC(C)CCCC(C)N. The molecule has 0 spiro atoms. The Bertz CT molecular complexity index is 134. The van der Waals surface area contributed by atoms with E-state index < -0.39 is 0 Å². The molecule has 0 aliphatic heterocycles. The molecule has 0 aromatic heterocycles. The molecule has 15 heavy (non-hydrogen) atoms. The maximum atomic E-state index is 5.74. The number of hydrogen-bond acceptors (Lipinski definition) is 2. The van der Waals surface area contributed by atoms with Crippen molar-refractivity contribution < 1.29 is 0 Å². The van der Waals surface area contributed by atoms with Gasteiger partial charge in [0.15, 0.2) is 0 Å². The van der Waals surface area contributed by atoms with Crippen molar-refractivity contribution in [3.63, 3.8) is 0 Å². The smallest absolute Gasteiger partial charge is 0.00104 e. The lowest BCUT2D eigenvalue weighted by atomic mass is 10.0. The van der Waals surface area contributed by atoms with E-state index in [4.69, 9.17) is 5.73 Å². The summed E-state index contributed by atoms with van der Waals surface area (Å²) in [6.45, 7) is 12.6. The standard InChI is InChI=1S/C13H30N2/c1-5-10-15(6-2)11-12(3)8-7-9-13(4)14/h12-13H,5-11,14H2,1-4H3. The molecule has 2 N–H and O–H groups in total. The molecule has 92 valence electrons. The van der Waals surface area contributed by atoms with E-state index >= 15 is 0 Å². The Balaban J connectivity index is 3.56. The molecular weight excluding hydrogens is 184 g/mol. The zero-order valence-electron chi connectivity index (χ0n) is 11.1. The maximum absolute atomic E-state index is 5.74. The van der Waals surface area contributed by atoms with Crippen molar-refractivity contribution in [1.82, 2.24) is 4.90 Å². The first-order valence-electron chi connectivity index (χ1n) is 6.58. The fraction of sp³-hybridized carbons (Fsp3) is 1.00. The van der Waals surface area contributed by atoms with Crippen molar-refractivity contribution in [3.05, 3.63) is 0 Å². The number of nitrogens with zero attached hydrogens (tertiary/aromatic N) is 1. The Morgan fingerprint density at radius 3 is 2.27 bits per heavy atom. The van der Waals surface area contributed by atoms with E-state index in [-0.39, 0.29) is 0 Å². The summed E-state index contributed by atoms with van der Waals surface area (Å²) in [6, 6.07) is 0.370. The minimum absolute atomic E-state index is 0.370. The van der Waals surface area contributed by atoms with Crippen LogP contribution in [0.1, 0.15) is 53.4 Å². The highest BCUT2D eigenvalue weighted by Gasteiger charge is 2.08. The molecule has 0 aromatic carbocycles. The molecule has 0 rings (SSSR count). The van der Waals surface area contributed by atoms with Crippen LogP contribution in [0.5, 0.6) is 0 Å². The Morgan fingerprint density at radius 2 is 1.80 bits per heavy atom. The highest BCUT2D eigenvalue weighted by Crippen LogP contribution is 2.10. The van der Waals surface area contributed by atoms with Crippen LogP contribution < -0.4 is 5.73 Å². The van der Waals surface area contributed by atoms with Gasteiger partial charge in [-0.15, -0.1) is 0 Å². The Morgan fingerprint density at radius 1 is 1.13 bits per heavy atom. The molecule has 0 fully saturated rings. The second kappa shape index (κ2) is 9.17. The first-order valence-corrected chi connectivity index (χ1v) is 6.58. The molecule has 0 radical (unpaired) electrons. The first-order chi connectivity index (χ1) is 7.10. The molecule has 0 aliphatic rings. The lowest BCUT2D eigenvalue weighted by Crippen LogP contribution is -2.29. The van der Waals surface area contributed by atoms with Gasteiger partial charge < -0.3 is 10.6 Å². The van der Waals surface area contributed by atoms with Crippen molar-refractivity contribution in [2.45, 2.75) is 59.4 Å². The van der Waals surface area contributed by atoms with E-state index in [1.54, 1.807) is 0 Å². The van der Waals surface area contributed by atoms with Gasteiger partial charge in [-0.2, -0.15) is 0 Å². The van der Waals surface area contributed by atoms with Crippen molar-refractivity contribution in [3.8, 4) is 0 Å². The van der Waals surface area contributed by atoms with E-state index in [1.807, 2.05) is 0 Å². The molecule has 0 amide bonds. The Kier molecular flexibility index (Phi) is 9.12. The van der Waals surface area contributed by atoms with Crippen molar-refractivity contribution in [2.75, 3.05) is 19.6 Å². The van der Waals surface area contributed by atoms with Gasteiger partial charge in [0.25, 0.3) is 0 Å². The summed E-state index contributed by atoms with van der Waals surface area (Å²) >= 11 is 0. The van der Waals surface area contributed by atoms with Crippen LogP contribution in [-0.4, -0.2) is 30.6 Å². The van der Waals surface area contributed by atoms with Crippen molar-refractivity contribution in [2.24, 2.45) is 11.7 Å². The van der Waals surface area contributed by atoms with Gasteiger partial charge in [0, 0.05) is 12.6 Å². The molecule has 2 nitrogen and oxygen atoms in total. The van der Waals surface area contributed by atoms with Gasteiger partial charge in [0.05, 0.1) is 0 Å². The zero-order chi connectivity index (χ0) is 11.7. The first kappa shape index (κ1) is 14.9. The van der Waals surface area contributed by atoms with E-state index in [0.717, 1.165) is 5.92 Å². The summed E-state index contributed by atoms with van der Waals surface area (Å²) in [5.41, 5.74) is 5.74. The summed E-state index contributed by atoms with van der Waals surface area (Å²) in [7, 11) is 0. The second-order valence-electron chi connectivity index (χ2n) is 4.91. The van der Waals surface area contributed by atoms with Crippen LogP contribution in [-0.2, 0) is 0 Å². The van der Waals surface area contributed by atoms with Gasteiger partial charge in [-0.25, -0.2) is 0 Å². The molecule has 0 saturated heterocycles. The molecule has 0 bridgehead atoms. The lowest BCUT2D eigenvalue weighted by Gasteiger charge is -2.23. The molecule has 0 saturated carbocycles. The molecule has 0 aliphatic carbocycles. The van der Waals surface area contributed by atoms with Crippen LogP contribution >= 0.6 is 0 Å². The minimum Gasteiger partial charge on any atom is -0.328 e. The second-order valence-corrected chi connectivity index (χ2v) is 4.91. The molecule has 0 heterocycles. The summed E-state index contributed by atoms with van der Waals surface area (Å²) < 4.78 is 0. The van der Waals surface area contributed by atoms with Crippen molar-refractivity contribution in [1.29, 1.82) is 0 Å². The fourth-order valence-electron chi connectivity index (χ4n) is 2.02. The van der Waals surface area contributed by atoms with E-state index in [2.05, 4.69) is 32.6 Å². The van der Waals surface area contributed by atoms with Gasteiger partial charge in [-0.3, -0.25) is 0 Å². The molecule has 2 unspecified atom stereocenters. The highest BCUT2D eigenvalue weighted by molar-refractivity contribution is 4.63. The third-order valence-electron chi connectivity index (χ3n) is 2.91. The van der Waals surface area contributed by atoms with Crippen LogP contribution in [0.4, 0.5) is 0 Å². The monoisotopic (exact) mass is 214 g/mol. The average Bonchev–Trinajstić information content (AvgIpc) is 2.16. The van der Waals surface area contributed by atoms with Gasteiger partial charge in [0.1, 0.15) is 0 Å². The van der Waals surface area contributed by atoms with Crippen LogP contribution in [0.3, 0.4) is 0 Å². The average molecular weight is 214 g/mol. The predicted octanol–water partition coefficient (Wildman–Crippen LogP) is 2.87. The van der Waals surface area contributed by atoms with E-state index in [9.17, 15) is 0 Å². The molecule has 0 aromatic rings. The quantitative estimate of drug-likeness (QED) is 0.639. The number of nitrogens with two attached hydrogens (primary N) is 1. The zero-order valence-corrected chi connectivity index (χ0v) is 11.1. The van der Waals surface area contributed by atoms with Gasteiger partial charge in [-0.1, -0.05) is 27.2 Å². The molecule has 2 heteroatoms. The van der Waals surface area contributed by atoms with Crippen LogP contribution in [0.25, 0.3) is 0 Å². The fourth-order valence-corrected chi connectivity index (χ4v) is 2.02. The summed E-state index contributed by atoms with van der Waals surface area (Å²) in [4.78, 5) is 2.55. The largest absolute Gasteiger partial charge is 0.328 e. The summed E-state index contributed by atoms with van der Waals surface area (Å²) in [5, 5.41) is 0. The van der Waals surface area contributed by atoms with E-state index in [1.165, 1.54) is 45.3 Å². The Labute approximate surface area is 96.2 Å². The molecular formula is C13H30N2. The third-order valence-corrected chi connectivity index (χ3v) is 2.91.